The maximum Gasteiger partial charge on any atom is 0.237 e. The van der Waals surface area contributed by atoms with Gasteiger partial charge in [-0.3, -0.25) is 14.2 Å². The smallest absolute Gasteiger partial charge is 0.237 e. The molecule has 5 rings (SSSR count). The first-order valence-electron chi connectivity index (χ1n) is 11.9. The Hall–Kier alpha value is -3.91. The van der Waals surface area contributed by atoms with Gasteiger partial charge in [-0.2, -0.15) is 0 Å². The molecule has 1 aliphatic heterocycles. The molecule has 0 saturated carbocycles. The fourth-order valence-electron chi connectivity index (χ4n) is 4.48. The van der Waals surface area contributed by atoms with Crippen LogP contribution in [-0.4, -0.2) is 38.4 Å². The van der Waals surface area contributed by atoms with Crippen molar-refractivity contribution in [2.24, 2.45) is 0 Å². The fraction of sp³-hybridized carbons (Fsp3) is 0.214. The zero-order valence-electron chi connectivity index (χ0n) is 20.2. The zero-order chi connectivity index (χ0) is 25.1. The average molecular weight is 498 g/mol. The molecule has 4 aromatic rings. The van der Waals surface area contributed by atoms with E-state index in [1.807, 2.05) is 66.1 Å². The number of aryl methyl sites for hydroxylation is 1. The van der Waals surface area contributed by atoms with Crippen LogP contribution in [0.3, 0.4) is 0 Å². The molecule has 1 atom stereocenters. The number of aromatic nitrogens is 3. The van der Waals surface area contributed by atoms with Gasteiger partial charge in [0.25, 0.3) is 0 Å². The average Bonchev–Trinajstić information content (AvgIpc) is 3.20. The number of hydrogen-bond donors (Lipinski definition) is 1. The molecule has 0 aliphatic carbocycles. The molecule has 0 fully saturated rings. The van der Waals surface area contributed by atoms with Gasteiger partial charge in [-0.1, -0.05) is 66.4 Å². The number of nitrogens with zero attached hydrogens (tertiary/aromatic N) is 4. The van der Waals surface area contributed by atoms with E-state index in [2.05, 4.69) is 46.7 Å². The molecule has 3 aromatic carbocycles. The third kappa shape index (κ3) is 5.04. The lowest BCUT2D eigenvalue weighted by atomic mass is 10.1. The maximum atomic E-state index is 13.5. The van der Waals surface area contributed by atoms with E-state index in [9.17, 15) is 9.59 Å². The van der Waals surface area contributed by atoms with E-state index in [4.69, 9.17) is 0 Å². The van der Waals surface area contributed by atoms with Gasteiger partial charge in [-0.25, -0.2) is 0 Å². The predicted molar refractivity (Wildman–Crippen MR) is 143 cm³/mol. The van der Waals surface area contributed by atoms with Crippen LogP contribution in [0.5, 0.6) is 0 Å². The minimum Gasteiger partial charge on any atom is -0.324 e. The Morgan fingerprint density at radius 1 is 1.03 bits per heavy atom. The summed E-state index contributed by atoms with van der Waals surface area (Å²) in [6, 6.07) is 25.5. The second-order valence-electron chi connectivity index (χ2n) is 8.91. The normalized spacial score (nSPS) is 15.2. The van der Waals surface area contributed by atoms with Crippen LogP contribution < -0.4 is 10.2 Å². The van der Waals surface area contributed by atoms with E-state index in [-0.39, 0.29) is 30.0 Å². The molecule has 1 aromatic heterocycles. The van der Waals surface area contributed by atoms with Crippen molar-refractivity contribution in [3.8, 4) is 5.69 Å². The topological polar surface area (TPSA) is 80.1 Å². The molecular formula is C28H27N5O2S. The molecular weight excluding hydrogens is 470 g/mol. The molecule has 1 N–H and O–H groups in total. The number of amides is 2. The van der Waals surface area contributed by atoms with Crippen molar-refractivity contribution in [1.29, 1.82) is 0 Å². The van der Waals surface area contributed by atoms with Crippen molar-refractivity contribution in [2.45, 2.75) is 37.9 Å². The van der Waals surface area contributed by atoms with Gasteiger partial charge in [0, 0.05) is 24.6 Å². The Kier molecular flexibility index (Phi) is 6.86. The highest BCUT2D eigenvalue weighted by Gasteiger charge is 2.30. The van der Waals surface area contributed by atoms with Gasteiger partial charge in [0.1, 0.15) is 5.82 Å². The molecule has 0 spiro atoms. The lowest BCUT2D eigenvalue weighted by molar-refractivity contribution is -0.117. The summed E-state index contributed by atoms with van der Waals surface area (Å²) >= 11 is 1.36. The van der Waals surface area contributed by atoms with Crippen molar-refractivity contribution >= 4 is 35.0 Å². The third-order valence-corrected chi connectivity index (χ3v) is 7.03. The van der Waals surface area contributed by atoms with Gasteiger partial charge in [-0.15, -0.1) is 10.2 Å². The van der Waals surface area contributed by atoms with Gasteiger partial charge in [0.2, 0.25) is 11.8 Å². The quantitative estimate of drug-likeness (QED) is 0.378. The van der Waals surface area contributed by atoms with Crippen LogP contribution in [0.15, 0.2) is 84.0 Å². The Morgan fingerprint density at radius 2 is 1.81 bits per heavy atom. The summed E-state index contributed by atoms with van der Waals surface area (Å²) in [5, 5.41) is 12.5. The number of fused-ring (bicyclic) bond motifs is 1. The van der Waals surface area contributed by atoms with Crippen molar-refractivity contribution in [3.05, 3.63) is 95.8 Å². The Morgan fingerprint density at radius 3 is 2.61 bits per heavy atom. The van der Waals surface area contributed by atoms with E-state index in [0.29, 0.717) is 23.0 Å². The van der Waals surface area contributed by atoms with Gasteiger partial charge in [0.05, 0.1) is 17.1 Å². The summed E-state index contributed by atoms with van der Waals surface area (Å²) in [6.45, 7) is 3.95. The van der Waals surface area contributed by atoms with Crippen LogP contribution >= 0.6 is 11.8 Å². The first-order valence-corrected chi connectivity index (χ1v) is 12.9. The fourth-order valence-corrected chi connectivity index (χ4v) is 5.31. The summed E-state index contributed by atoms with van der Waals surface area (Å²) in [7, 11) is 0. The largest absolute Gasteiger partial charge is 0.324 e. The molecule has 2 heterocycles. The number of para-hydroxylation sites is 2. The Labute approximate surface area is 214 Å². The van der Waals surface area contributed by atoms with Crippen LogP contribution in [0.25, 0.3) is 5.69 Å². The van der Waals surface area contributed by atoms with Crippen molar-refractivity contribution < 1.29 is 9.59 Å². The monoisotopic (exact) mass is 497 g/mol. The van der Waals surface area contributed by atoms with Crippen LogP contribution in [-0.2, 0) is 16.0 Å². The Bertz CT molecular complexity index is 1400. The minimum absolute atomic E-state index is 0.0835. The molecule has 1 unspecified atom stereocenters. The molecule has 0 saturated heterocycles. The van der Waals surface area contributed by atoms with E-state index in [1.54, 1.807) is 4.90 Å². The number of hydrogen-bond acceptors (Lipinski definition) is 5. The highest BCUT2D eigenvalue weighted by atomic mass is 32.2. The first-order chi connectivity index (χ1) is 17.5. The predicted octanol–water partition coefficient (Wildman–Crippen LogP) is 5.02. The van der Waals surface area contributed by atoms with Crippen LogP contribution in [0.1, 0.15) is 30.3 Å². The molecule has 1 aliphatic rings. The lowest BCUT2D eigenvalue weighted by Gasteiger charge is -2.27. The van der Waals surface area contributed by atoms with Gasteiger partial charge < -0.3 is 10.2 Å². The summed E-state index contributed by atoms with van der Waals surface area (Å²) in [4.78, 5) is 27.5. The van der Waals surface area contributed by atoms with Gasteiger partial charge >= 0.3 is 0 Å². The number of anilines is 2. The number of rotatable bonds is 6. The van der Waals surface area contributed by atoms with Crippen LogP contribution in [0, 0.1) is 6.92 Å². The molecule has 8 heteroatoms. The number of thioether (sulfide) groups is 1. The van der Waals surface area contributed by atoms with Crippen molar-refractivity contribution in [1.82, 2.24) is 14.8 Å². The molecule has 182 valence electrons. The maximum absolute atomic E-state index is 13.5. The van der Waals surface area contributed by atoms with E-state index in [1.165, 1.54) is 11.8 Å². The summed E-state index contributed by atoms with van der Waals surface area (Å²) in [6.07, 6.45) is 0.867. The molecule has 7 nitrogen and oxygen atoms in total. The summed E-state index contributed by atoms with van der Waals surface area (Å²) < 4.78 is 2.03. The van der Waals surface area contributed by atoms with Crippen molar-refractivity contribution in [3.63, 3.8) is 0 Å². The standard InChI is InChI=1S/C28H27N5O2S/c1-19-9-8-12-22(15-19)33-25(17-21-10-4-3-5-11-21)30-31-28(33)36-18-27(35)32-20(2)16-26(34)29-23-13-6-7-14-24(23)32/h3-15,20H,16-18H2,1-2H3,(H,29,34). The Balaban J connectivity index is 1.43. The number of benzene rings is 3. The van der Waals surface area contributed by atoms with E-state index in [0.717, 1.165) is 22.6 Å². The SMILES string of the molecule is Cc1cccc(-n2c(Cc3ccccc3)nnc2SCC(=O)N2c3ccccc3NC(=O)CC2C)c1. The van der Waals surface area contributed by atoms with Crippen molar-refractivity contribution in [2.75, 3.05) is 16.0 Å². The molecule has 0 radical (unpaired) electrons. The highest BCUT2D eigenvalue weighted by Crippen LogP contribution is 2.32. The number of nitrogens with one attached hydrogen (secondary N) is 1. The zero-order valence-corrected chi connectivity index (χ0v) is 21.0. The highest BCUT2D eigenvalue weighted by molar-refractivity contribution is 7.99. The second kappa shape index (κ2) is 10.4. The van der Waals surface area contributed by atoms with E-state index < -0.39 is 0 Å². The molecule has 0 bridgehead atoms. The minimum atomic E-state index is -0.259. The second-order valence-corrected chi connectivity index (χ2v) is 9.85. The van der Waals surface area contributed by atoms with Crippen LogP contribution in [0.4, 0.5) is 11.4 Å². The third-order valence-electron chi connectivity index (χ3n) is 6.12. The number of carbonyl (C=O) groups excluding carboxylic acids is 2. The summed E-state index contributed by atoms with van der Waals surface area (Å²) in [5.41, 5.74) is 4.60. The lowest BCUT2D eigenvalue weighted by Crippen LogP contribution is -2.40. The molecule has 2 amide bonds. The molecule has 36 heavy (non-hydrogen) atoms. The van der Waals surface area contributed by atoms with Gasteiger partial charge in [-0.05, 0) is 49.2 Å². The van der Waals surface area contributed by atoms with Gasteiger partial charge in [0.15, 0.2) is 5.16 Å². The van der Waals surface area contributed by atoms with Crippen LogP contribution in [0.2, 0.25) is 0 Å². The summed E-state index contributed by atoms with van der Waals surface area (Å²) in [5.74, 6) is 0.801. The first kappa shape index (κ1) is 23.8. The van der Waals surface area contributed by atoms with E-state index >= 15 is 0 Å². The number of carbonyl (C=O) groups is 2.